The predicted octanol–water partition coefficient (Wildman–Crippen LogP) is -0.299. The Balaban J connectivity index is 3.26. The van der Waals surface area contributed by atoms with E-state index in [0.717, 1.165) is 0 Å². The van der Waals surface area contributed by atoms with Gasteiger partial charge in [-0.2, -0.15) is 8.42 Å². The lowest BCUT2D eigenvalue weighted by molar-refractivity contribution is -0.113. The highest BCUT2D eigenvalue weighted by atomic mass is 35.5. The average molecular weight is 239 g/mol. The predicted molar refractivity (Wildman–Crippen MR) is 50.1 cm³/mol. The molecule has 14 heavy (non-hydrogen) atoms. The number of carbonyl (C=O) groups is 1. The number of rotatable bonds is 2. The maximum absolute atomic E-state index is 11.2. The minimum Gasteiger partial charge on any atom is -0.476 e. The van der Waals surface area contributed by atoms with Crippen molar-refractivity contribution in [2.75, 3.05) is 6.61 Å². The highest BCUT2D eigenvalue weighted by Crippen LogP contribution is 2.26. The lowest BCUT2D eigenvalue weighted by Gasteiger charge is -1.98. The molecule has 0 unspecified atom stereocenters. The van der Waals surface area contributed by atoms with Crippen LogP contribution in [0.5, 0.6) is 0 Å². The Kier molecular flexibility index (Phi) is 2.81. The number of carbonyl (C=O) groups excluding carboxylic acids is 1. The van der Waals surface area contributed by atoms with Crippen molar-refractivity contribution in [3.8, 4) is 0 Å². The molecule has 2 N–H and O–H groups in total. The lowest BCUT2D eigenvalue weighted by atomic mass is 10.4. The second-order valence-corrected chi connectivity index (χ2v) is 4.23. The van der Waals surface area contributed by atoms with Crippen molar-refractivity contribution < 1.29 is 17.9 Å². The Morgan fingerprint density at radius 3 is 2.57 bits per heavy atom. The zero-order chi connectivity index (χ0) is 10.9. The number of hydrogen-bond donors (Lipinski definition) is 1. The van der Waals surface area contributed by atoms with Crippen molar-refractivity contribution >= 4 is 33.4 Å². The van der Waals surface area contributed by atoms with Crippen LogP contribution in [0, 0.1) is 0 Å². The van der Waals surface area contributed by atoms with Gasteiger partial charge in [-0.25, -0.2) is 0 Å². The summed E-state index contributed by atoms with van der Waals surface area (Å²) in [5.41, 5.74) is 4.83. The van der Waals surface area contributed by atoms with Crippen LogP contribution < -0.4 is 5.73 Å². The first kappa shape index (κ1) is 11.0. The first-order valence-corrected chi connectivity index (χ1v) is 5.39. The number of primary amides is 1. The monoisotopic (exact) mass is 238 g/mol. The fourth-order valence-electron chi connectivity index (χ4n) is 0.867. The summed E-state index contributed by atoms with van der Waals surface area (Å²) in [5, 5.41) is -0.362. The summed E-state index contributed by atoms with van der Waals surface area (Å²) < 4.78 is 30.3. The van der Waals surface area contributed by atoms with Gasteiger partial charge in [0.25, 0.3) is 15.9 Å². The first-order chi connectivity index (χ1) is 6.40. The standard InChI is InChI=1S/C6H7ClN2O4S/c1-2-13-6-3(7)4(5(8)10)14(11,12)9-6/h2H2,1H3,(H2,8,10). The van der Waals surface area contributed by atoms with Crippen LogP contribution in [0.15, 0.2) is 14.3 Å². The number of sulfonamides is 1. The molecule has 1 aliphatic heterocycles. The summed E-state index contributed by atoms with van der Waals surface area (Å²) in [4.78, 5) is 10.0. The summed E-state index contributed by atoms with van der Waals surface area (Å²) in [6.45, 7) is 1.82. The molecule has 0 atom stereocenters. The summed E-state index contributed by atoms with van der Waals surface area (Å²) in [7, 11) is -4.07. The molecule has 0 radical (unpaired) electrons. The van der Waals surface area contributed by atoms with Crippen LogP contribution >= 0.6 is 11.6 Å². The van der Waals surface area contributed by atoms with Crippen molar-refractivity contribution in [2.45, 2.75) is 6.92 Å². The van der Waals surface area contributed by atoms with Crippen LogP contribution in [0.3, 0.4) is 0 Å². The zero-order valence-corrected chi connectivity index (χ0v) is 8.72. The number of nitrogens with two attached hydrogens (primary N) is 1. The van der Waals surface area contributed by atoms with E-state index in [0.29, 0.717) is 0 Å². The van der Waals surface area contributed by atoms with Crippen molar-refractivity contribution in [1.29, 1.82) is 0 Å². The van der Waals surface area contributed by atoms with Crippen LogP contribution in [0.25, 0.3) is 0 Å². The second-order valence-electron chi connectivity index (χ2n) is 2.31. The molecular formula is C6H7ClN2O4S. The van der Waals surface area contributed by atoms with Gasteiger partial charge in [-0.15, -0.1) is 4.40 Å². The molecule has 0 aromatic carbocycles. The largest absolute Gasteiger partial charge is 0.476 e. The number of ether oxygens (including phenoxy) is 1. The van der Waals surface area contributed by atoms with Gasteiger partial charge < -0.3 is 10.5 Å². The van der Waals surface area contributed by atoms with Crippen molar-refractivity contribution in [3.05, 3.63) is 9.94 Å². The SMILES string of the molecule is CCOC1=NS(=O)(=O)C(C(N)=O)=C1Cl. The topological polar surface area (TPSA) is 98.8 Å². The van der Waals surface area contributed by atoms with Gasteiger partial charge in [0.2, 0.25) is 5.90 Å². The van der Waals surface area contributed by atoms with Gasteiger partial charge in [-0.3, -0.25) is 4.79 Å². The first-order valence-electron chi connectivity index (χ1n) is 3.58. The molecule has 0 fully saturated rings. The van der Waals surface area contributed by atoms with Crippen molar-refractivity contribution in [3.63, 3.8) is 0 Å². The quantitative estimate of drug-likeness (QED) is 0.714. The molecule has 0 aliphatic carbocycles. The number of amides is 1. The molecule has 1 rings (SSSR count). The maximum atomic E-state index is 11.2. The summed E-state index contributed by atoms with van der Waals surface area (Å²) in [5.74, 6) is -1.43. The minimum atomic E-state index is -4.07. The Labute approximate surface area is 85.4 Å². The zero-order valence-electron chi connectivity index (χ0n) is 7.15. The number of nitrogens with zero attached hydrogens (tertiary/aromatic N) is 1. The van der Waals surface area contributed by atoms with Crippen LogP contribution in [-0.4, -0.2) is 26.8 Å². The lowest BCUT2D eigenvalue weighted by Crippen LogP contribution is -2.18. The average Bonchev–Trinajstić information content (AvgIpc) is 2.22. The van der Waals surface area contributed by atoms with Crippen LogP contribution in [0.4, 0.5) is 0 Å². The molecule has 1 aliphatic rings. The molecule has 78 valence electrons. The molecule has 1 amide bonds. The van der Waals surface area contributed by atoms with Gasteiger partial charge in [0.1, 0.15) is 5.03 Å². The molecule has 0 spiro atoms. The molecule has 0 bridgehead atoms. The third-order valence-corrected chi connectivity index (χ3v) is 3.14. The summed E-state index contributed by atoms with van der Waals surface area (Å²) >= 11 is 5.55. The van der Waals surface area contributed by atoms with Gasteiger partial charge in [0.15, 0.2) is 4.91 Å². The molecule has 6 nitrogen and oxygen atoms in total. The number of halogens is 1. The smallest absolute Gasteiger partial charge is 0.292 e. The van der Waals surface area contributed by atoms with Crippen molar-refractivity contribution in [2.24, 2.45) is 10.1 Å². The number of hydrogen-bond acceptors (Lipinski definition) is 4. The normalized spacial score (nSPS) is 19.4. The van der Waals surface area contributed by atoms with E-state index >= 15 is 0 Å². The van der Waals surface area contributed by atoms with Gasteiger partial charge in [0, 0.05) is 0 Å². The molecule has 0 saturated heterocycles. The summed E-state index contributed by atoms with van der Waals surface area (Å²) in [6.07, 6.45) is 0. The Morgan fingerprint density at radius 1 is 1.64 bits per heavy atom. The van der Waals surface area contributed by atoms with Gasteiger partial charge in [-0.05, 0) is 6.92 Å². The van der Waals surface area contributed by atoms with E-state index in [2.05, 4.69) is 4.40 Å². The second kappa shape index (κ2) is 3.58. The summed E-state index contributed by atoms with van der Waals surface area (Å²) in [6, 6.07) is 0. The van der Waals surface area contributed by atoms with Gasteiger partial charge in [0.05, 0.1) is 6.61 Å². The molecule has 0 saturated carbocycles. The Hall–Kier alpha value is -1.08. The van der Waals surface area contributed by atoms with Crippen molar-refractivity contribution in [1.82, 2.24) is 0 Å². The highest BCUT2D eigenvalue weighted by Gasteiger charge is 2.36. The van der Waals surface area contributed by atoms with Gasteiger partial charge >= 0.3 is 0 Å². The van der Waals surface area contributed by atoms with Gasteiger partial charge in [-0.1, -0.05) is 11.6 Å². The van der Waals surface area contributed by atoms with Crippen LogP contribution in [-0.2, 0) is 19.6 Å². The fourth-order valence-corrected chi connectivity index (χ4v) is 2.42. The van der Waals surface area contributed by atoms with E-state index in [1.807, 2.05) is 0 Å². The van der Waals surface area contributed by atoms with Crippen LogP contribution in [0.2, 0.25) is 0 Å². The third-order valence-electron chi connectivity index (χ3n) is 1.35. The highest BCUT2D eigenvalue weighted by molar-refractivity contribution is 7.95. The minimum absolute atomic E-state index is 0.191. The van der Waals surface area contributed by atoms with E-state index in [-0.39, 0.29) is 17.5 Å². The Bertz CT molecular complexity index is 437. The Morgan fingerprint density at radius 2 is 2.21 bits per heavy atom. The fraction of sp³-hybridized carbons (Fsp3) is 0.333. The third kappa shape index (κ3) is 1.73. The van der Waals surface area contributed by atoms with E-state index in [1.165, 1.54) is 0 Å². The molecule has 1 heterocycles. The molecular weight excluding hydrogens is 232 g/mol. The van der Waals surface area contributed by atoms with E-state index in [1.54, 1.807) is 6.92 Å². The molecule has 0 aromatic heterocycles. The maximum Gasteiger partial charge on any atom is 0.292 e. The van der Waals surface area contributed by atoms with Crippen LogP contribution in [0.1, 0.15) is 6.92 Å². The van der Waals surface area contributed by atoms with E-state index < -0.39 is 20.8 Å². The molecule has 0 aromatic rings. The van der Waals surface area contributed by atoms with E-state index in [4.69, 9.17) is 22.1 Å². The van der Waals surface area contributed by atoms with E-state index in [9.17, 15) is 13.2 Å². The molecule has 8 heteroatoms.